The number of nitrogens with two attached hydrogens (primary N) is 1. The number of anilines is 2. The van der Waals surface area contributed by atoms with Gasteiger partial charge in [-0.05, 0) is 45.5 Å². The Hall–Kier alpha value is -1.37. The average molecular weight is 356 g/mol. The van der Waals surface area contributed by atoms with Crippen LogP contribution in [0.2, 0.25) is 0 Å². The van der Waals surface area contributed by atoms with Crippen molar-refractivity contribution in [2.24, 2.45) is 5.73 Å². The highest BCUT2D eigenvalue weighted by molar-refractivity contribution is 5.93. The molecule has 1 aliphatic heterocycles. The number of amides is 1. The van der Waals surface area contributed by atoms with Crippen LogP contribution in [-0.4, -0.2) is 55.1 Å². The summed E-state index contributed by atoms with van der Waals surface area (Å²) in [5, 5.41) is 2.78. The summed E-state index contributed by atoms with van der Waals surface area (Å²) < 4.78 is 0. The molecule has 1 aromatic heterocycles. The average Bonchev–Trinajstić information content (AvgIpc) is 2.56. The third-order valence-electron chi connectivity index (χ3n) is 4.50. The predicted octanol–water partition coefficient (Wildman–Crippen LogP) is 2.10. The van der Waals surface area contributed by atoms with Crippen molar-refractivity contribution in [3.05, 3.63) is 18.3 Å². The Labute approximate surface area is 151 Å². The number of hydrogen-bond acceptors (Lipinski definition) is 5. The highest BCUT2D eigenvalue weighted by Crippen LogP contribution is 2.22. The van der Waals surface area contributed by atoms with E-state index in [-0.39, 0.29) is 18.3 Å². The lowest BCUT2D eigenvalue weighted by atomic mass is 10.0. The monoisotopic (exact) mass is 355 g/mol. The number of piperidine rings is 1. The first kappa shape index (κ1) is 20.7. The van der Waals surface area contributed by atoms with Gasteiger partial charge >= 0.3 is 0 Å². The lowest BCUT2D eigenvalue weighted by Crippen LogP contribution is -2.42. The molecule has 3 N–H and O–H groups in total. The number of carbonyl (C=O) groups is 1. The number of rotatable bonds is 6. The molecule has 1 aromatic rings. The number of nitrogens with zero attached hydrogens (tertiary/aromatic N) is 3. The number of halogens is 1. The number of nitrogens with one attached hydrogen (secondary N) is 1. The van der Waals surface area contributed by atoms with Gasteiger partial charge in [-0.2, -0.15) is 0 Å². The highest BCUT2D eigenvalue weighted by atomic mass is 35.5. The predicted molar refractivity (Wildman–Crippen MR) is 102 cm³/mol. The van der Waals surface area contributed by atoms with Gasteiger partial charge in [0, 0.05) is 19.1 Å². The molecule has 1 aliphatic rings. The van der Waals surface area contributed by atoms with Gasteiger partial charge in [0.25, 0.3) is 0 Å². The van der Waals surface area contributed by atoms with Gasteiger partial charge in [0.1, 0.15) is 5.82 Å². The lowest BCUT2D eigenvalue weighted by Gasteiger charge is -2.36. The fraction of sp³-hybridized carbons (Fsp3) is 0.647. The molecule has 0 spiro atoms. The Bertz CT molecular complexity index is 500. The summed E-state index contributed by atoms with van der Waals surface area (Å²) in [5.41, 5.74) is 6.92. The normalized spacial score (nSPS) is 16.6. The van der Waals surface area contributed by atoms with Crippen molar-refractivity contribution < 1.29 is 4.79 Å². The zero-order valence-electron chi connectivity index (χ0n) is 14.9. The van der Waals surface area contributed by atoms with Crippen LogP contribution in [0.3, 0.4) is 0 Å². The summed E-state index contributed by atoms with van der Waals surface area (Å²) >= 11 is 0. The summed E-state index contributed by atoms with van der Waals surface area (Å²) in [6.45, 7) is 4.09. The first-order chi connectivity index (χ1) is 11.0. The van der Waals surface area contributed by atoms with E-state index in [0.717, 1.165) is 38.0 Å². The third kappa shape index (κ3) is 5.61. The summed E-state index contributed by atoms with van der Waals surface area (Å²) in [6.07, 6.45) is 5.74. The van der Waals surface area contributed by atoms with Crippen LogP contribution >= 0.6 is 12.4 Å². The Morgan fingerprint density at radius 3 is 2.58 bits per heavy atom. The molecule has 2 heterocycles. The molecule has 1 atom stereocenters. The maximum atomic E-state index is 11.9. The zero-order chi connectivity index (χ0) is 16.8. The second-order valence-electron chi connectivity index (χ2n) is 6.47. The first-order valence-corrected chi connectivity index (χ1v) is 8.45. The van der Waals surface area contributed by atoms with Crippen molar-refractivity contribution >= 4 is 29.8 Å². The molecule has 24 heavy (non-hydrogen) atoms. The van der Waals surface area contributed by atoms with Gasteiger partial charge in [-0.15, -0.1) is 12.4 Å². The molecule has 1 amide bonds. The summed E-state index contributed by atoms with van der Waals surface area (Å²) in [5.74, 6) is 0.396. The molecule has 7 heteroatoms. The van der Waals surface area contributed by atoms with Crippen molar-refractivity contribution in [1.29, 1.82) is 0 Å². The van der Waals surface area contributed by atoms with E-state index >= 15 is 0 Å². The maximum Gasteiger partial charge on any atom is 0.242 e. The van der Waals surface area contributed by atoms with E-state index < -0.39 is 6.04 Å². The minimum atomic E-state index is -0.466. The van der Waals surface area contributed by atoms with Gasteiger partial charge in [0.15, 0.2) is 0 Å². The summed E-state index contributed by atoms with van der Waals surface area (Å²) in [7, 11) is 4.28. The van der Waals surface area contributed by atoms with E-state index in [2.05, 4.69) is 34.2 Å². The lowest BCUT2D eigenvalue weighted by molar-refractivity contribution is -0.117. The fourth-order valence-electron chi connectivity index (χ4n) is 2.95. The maximum absolute atomic E-state index is 11.9. The number of aromatic nitrogens is 1. The molecule has 0 aliphatic carbocycles. The molecule has 0 bridgehead atoms. The Morgan fingerprint density at radius 2 is 2.08 bits per heavy atom. The molecule has 0 saturated carbocycles. The zero-order valence-corrected chi connectivity index (χ0v) is 15.7. The minimum absolute atomic E-state index is 0. The van der Waals surface area contributed by atoms with Crippen LogP contribution in [0.1, 0.15) is 32.6 Å². The van der Waals surface area contributed by atoms with Gasteiger partial charge in [-0.25, -0.2) is 4.98 Å². The summed E-state index contributed by atoms with van der Waals surface area (Å²) in [4.78, 5) is 20.9. The van der Waals surface area contributed by atoms with E-state index in [0.29, 0.717) is 18.3 Å². The molecule has 6 nitrogen and oxygen atoms in total. The first-order valence-electron chi connectivity index (χ1n) is 8.45. The van der Waals surface area contributed by atoms with Crippen molar-refractivity contribution in [3.63, 3.8) is 0 Å². The molecule has 1 fully saturated rings. The standard InChI is InChI=1S/C17H29N5O.ClH/c1-4-5-15(18)17(23)20-16-7-6-14(12-19-16)22-10-8-13(9-11-22)21(2)3;/h6-7,12-13,15H,4-5,8-11,18H2,1-3H3,(H,19,20,23);1H. The SMILES string of the molecule is CCCC(N)C(=O)Nc1ccc(N2CCC(N(C)C)CC2)cn1.Cl. The van der Waals surface area contributed by atoms with E-state index in [1.807, 2.05) is 25.3 Å². The second kappa shape index (κ2) is 9.81. The Kier molecular flexibility index (Phi) is 8.45. The smallest absolute Gasteiger partial charge is 0.242 e. The number of pyridine rings is 1. The number of carbonyl (C=O) groups excluding carboxylic acids is 1. The van der Waals surface area contributed by atoms with E-state index in [1.54, 1.807) is 0 Å². The minimum Gasteiger partial charge on any atom is -0.370 e. The van der Waals surface area contributed by atoms with E-state index in [4.69, 9.17) is 5.73 Å². The van der Waals surface area contributed by atoms with Crippen LogP contribution in [0, 0.1) is 0 Å². The topological polar surface area (TPSA) is 74.5 Å². The van der Waals surface area contributed by atoms with Crippen molar-refractivity contribution in [2.75, 3.05) is 37.4 Å². The number of hydrogen-bond donors (Lipinski definition) is 2. The van der Waals surface area contributed by atoms with E-state index in [9.17, 15) is 4.79 Å². The van der Waals surface area contributed by atoms with Gasteiger partial charge < -0.3 is 20.9 Å². The molecule has 2 rings (SSSR count). The van der Waals surface area contributed by atoms with Gasteiger partial charge in [-0.3, -0.25) is 4.79 Å². The fourth-order valence-corrected chi connectivity index (χ4v) is 2.95. The van der Waals surface area contributed by atoms with Crippen LogP contribution in [-0.2, 0) is 4.79 Å². The van der Waals surface area contributed by atoms with Crippen LogP contribution in [0.15, 0.2) is 18.3 Å². The molecule has 136 valence electrons. The Balaban J connectivity index is 0.00000288. The van der Waals surface area contributed by atoms with Crippen LogP contribution < -0.4 is 16.0 Å². The molecule has 1 unspecified atom stereocenters. The van der Waals surface area contributed by atoms with Crippen molar-refractivity contribution in [3.8, 4) is 0 Å². The second-order valence-corrected chi connectivity index (χ2v) is 6.47. The van der Waals surface area contributed by atoms with Crippen LogP contribution in [0.5, 0.6) is 0 Å². The summed E-state index contributed by atoms with van der Waals surface area (Å²) in [6, 6.07) is 4.07. The van der Waals surface area contributed by atoms with Gasteiger partial charge in [0.2, 0.25) is 5.91 Å². The van der Waals surface area contributed by atoms with Crippen molar-refractivity contribution in [1.82, 2.24) is 9.88 Å². The largest absolute Gasteiger partial charge is 0.370 e. The molecule has 0 aromatic carbocycles. The Morgan fingerprint density at radius 1 is 1.42 bits per heavy atom. The van der Waals surface area contributed by atoms with Crippen LogP contribution in [0.25, 0.3) is 0 Å². The van der Waals surface area contributed by atoms with Crippen LogP contribution in [0.4, 0.5) is 11.5 Å². The van der Waals surface area contributed by atoms with Gasteiger partial charge in [0.05, 0.1) is 17.9 Å². The van der Waals surface area contributed by atoms with Gasteiger partial charge in [-0.1, -0.05) is 13.3 Å². The molecule has 0 radical (unpaired) electrons. The third-order valence-corrected chi connectivity index (χ3v) is 4.50. The quantitative estimate of drug-likeness (QED) is 0.817. The molecular formula is C17H30ClN5O. The highest BCUT2D eigenvalue weighted by Gasteiger charge is 2.21. The van der Waals surface area contributed by atoms with E-state index in [1.165, 1.54) is 0 Å². The molecular weight excluding hydrogens is 326 g/mol. The van der Waals surface area contributed by atoms with Crippen molar-refractivity contribution in [2.45, 2.75) is 44.7 Å². The molecule has 1 saturated heterocycles.